The van der Waals surface area contributed by atoms with Crippen LogP contribution in [0.2, 0.25) is 0 Å². The van der Waals surface area contributed by atoms with E-state index in [4.69, 9.17) is 0 Å². The minimum absolute atomic E-state index is 0.0449. The Bertz CT molecular complexity index is 668. The van der Waals surface area contributed by atoms with Gasteiger partial charge in [-0.2, -0.15) is 5.10 Å². The number of carbonyl (C=O) groups excluding carboxylic acids is 2. The summed E-state index contributed by atoms with van der Waals surface area (Å²) >= 11 is 0. The first-order valence-electron chi connectivity index (χ1n) is 7.20. The highest BCUT2D eigenvalue weighted by atomic mass is 16.2. The summed E-state index contributed by atoms with van der Waals surface area (Å²) in [7, 11) is 0. The maximum absolute atomic E-state index is 11.9. The van der Waals surface area contributed by atoms with Gasteiger partial charge in [-0.3, -0.25) is 19.3 Å². The van der Waals surface area contributed by atoms with Crippen LogP contribution in [0.5, 0.6) is 0 Å². The average Bonchev–Trinajstić information content (AvgIpc) is 3.10. The molecule has 1 saturated heterocycles. The van der Waals surface area contributed by atoms with Gasteiger partial charge in [-0.1, -0.05) is 0 Å². The Morgan fingerprint density at radius 3 is 2.86 bits per heavy atom. The standard InChI is InChI=1S/C15H17N5O2/c21-14(11-19-7-1-2-15(19)22)18-13-8-17-20(10-13)9-12-3-5-16-6-4-12/h3-6,8,10H,1-2,7,9,11H2,(H,18,21). The fourth-order valence-corrected chi connectivity index (χ4v) is 2.43. The largest absolute Gasteiger partial charge is 0.333 e. The summed E-state index contributed by atoms with van der Waals surface area (Å²) in [6.45, 7) is 1.38. The van der Waals surface area contributed by atoms with Crippen molar-refractivity contribution in [1.82, 2.24) is 19.7 Å². The Hall–Kier alpha value is -2.70. The van der Waals surface area contributed by atoms with Crippen LogP contribution in [0.15, 0.2) is 36.9 Å². The molecule has 114 valence electrons. The number of nitrogens with zero attached hydrogens (tertiary/aromatic N) is 4. The number of nitrogens with one attached hydrogen (secondary N) is 1. The van der Waals surface area contributed by atoms with Crippen molar-refractivity contribution in [2.45, 2.75) is 19.4 Å². The molecule has 3 heterocycles. The van der Waals surface area contributed by atoms with Crippen molar-refractivity contribution in [2.75, 3.05) is 18.4 Å². The van der Waals surface area contributed by atoms with Crippen LogP contribution in [0.3, 0.4) is 0 Å². The minimum Gasteiger partial charge on any atom is -0.333 e. The van der Waals surface area contributed by atoms with E-state index in [-0.39, 0.29) is 18.4 Å². The van der Waals surface area contributed by atoms with Gasteiger partial charge in [0.2, 0.25) is 11.8 Å². The van der Waals surface area contributed by atoms with Gasteiger partial charge in [0.25, 0.3) is 0 Å². The van der Waals surface area contributed by atoms with Crippen LogP contribution in [0.4, 0.5) is 5.69 Å². The molecule has 0 saturated carbocycles. The number of rotatable bonds is 5. The van der Waals surface area contributed by atoms with Crippen molar-refractivity contribution in [2.24, 2.45) is 0 Å². The van der Waals surface area contributed by atoms with Gasteiger partial charge in [0.05, 0.1) is 25.0 Å². The maximum Gasteiger partial charge on any atom is 0.244 e. The third-order valence-corrected chi connectivity index (χ3v) is 3.52. The van der Waals surface area contributed by atoms with Gasteiger partial charge in [-0.05, 0) is 24.1 Å². The van der Waals surface area contributed by atoms with Crippen LogP contribution in [0, 0.1) is 0 Å². The highest BCUT2D eigenvalue weighted by Gasteiger charge is 2.22. The first-order chi connectivity index (χ1) is 10.7. The van der Waals surface area contributed by atoms with E-state index >= 15 is 0 Å². The molecule has 0 unspecified atom stereocenters. The van der Waals surface area contributed by atoms with Crippen molar-refractivity contribution < 1.29 is 9.59 Å². The predicted octanol–water partition coefficient (Wildman–Crippen LogP) is 0.887. The lowest BCUT2D eigenvalue weighted by Gasteiger charge is -2.14. The molecule has 1 N–H and O–H groups in total. The molecule has 2 aromatic heterocycles. The smallest absolute Gasteiger partial charge is 0.244 e. The van der Waals surface area contributed by atoms with Crippen LogP contribution in [0.25, 0.3) is 0 Å². The number of hydrogen-bond donors (Lipinski definition) is 1. The molecule has 1 fully saturated rings. The van der Waals surface area contributed by atoms with Crippen molar-refractivity contribution in [1.29, 1.82) is 0 Å². The Labute approximate surface area is 127 Å². The third-order valence-electron chi connectivity index (χ3n) is 3.52. The molecule has 2 aromatic rings. The van der Waals surface area contributed by atoms with Crippen LogP contribution in [0.1, 0.15) is 18.4 Å². The Kier molecular flexibility index (Phi) is 4.13. The molecule has 1 aliphatic heterocycles. The van der Waals surface area contributed by atoms with Crippen LogP contribution in [-0.4, -0.2) is 44.6 Å². The van der Waals surface area contributed by atoms with E-state index in [9.17, 15) is 9.59 Å². The SMILES string of the molecule is O=C(CN1CCCC1=O)Nc1cnn(Cc2ccncc2)c1. The first-order valence-corrected chi connectivity index (χ1v) is 7.20. The van der Waals surface area contributed by atoms with E-state index in [0.717, 1.165) is 12.0 Å². The van der Waals surface area contributed by atoms with E-state index in [0.29, 0.717) is 25.2 Å². The summed E-state index contributed by atoms with van der Waals surface area (Å²) in [6, 6.07) is 3.83. The van der Waals surface area contributed by atoms with E-state index in [2.05, 4.69) is 15.4 Å². The normalized spacial score (nSPS) is 14.4. The zero-order valence-electron chi connectivity index (χ0n) is 12.1. The van der Waals surface area contributed by atoms with E-state index < -0.39 is 0 Å². The van der Waals surface area contributed by atoms with Crippen molar-refractivity contribution >= 4 is 17.5 Å². The lowest BCUT2D eigenvalue weighted by atomic mass is 10.3. The molecule has 0 bridgehead atoms. The summed E-state index contributed by atoms with van der Waals surface area (Å²) in [5.41, 5.74) is 1.71. The Morgan fingerprint density at radius 2 is 2.14 bits per heavy atom. The molecule has 1 aliphatic rings. The second-order valence-electron chi connectivity index (χ2n) is 5.25. The number of aromatic nitrogens is 3. The van der Waals surface area contributed by atoms with E-state index in [1.165, 1.54) is 0 Å². The fraction of sp³-hybridized carbons (Fsp3) is 0.333. The van der Waals surface area contributed by atoms with Gasteiger partial charge >= 0.3 is 0 Å². The van der Waals surface area contributed by atoms with Crippen molar-refractivity contribution in [3.63, 3.8) is 0 Å². The first kappa shape index (κ1) is 14.2. The topological polar surface area (TPSA) is 80.1 Å². The lowest BCUT2D eigenvalue weighted by molar-refractivity contribution is -0.131. The predicted molar refractivity (Wildman–Crippen MR) is 80.0 cm³/mol. The number of likely N-dealkylation sites (tertiary alicyclic amines) is 1. The van der Waals surface area contributed by atoms with Crippen molar-refractivity contribution in [3.8, 4) is 0 Å². The van der Waals surface area contributed by atoms with Gasteiger partial charge in [-0.15, -0.1) is 0 Å². The van der Waals surface area contributed by atoms with Gasteiger partial charge in [0, 0.05) is 31.6 Å². The highest BCUT2D eigenvalue weighted by molar-refractivity contribution is 5.94. The van der Waals surface area contributed by atoms with Crippen LogP contribution in [-0.2, 0) is 16.1 Å². The summed E-state index contributed by atoms with van der Waals surface area (Å²) in [4.78, 5) is 29.0. The molecule has 7 heteroatoms. The molecule has 0 aliphatic carbocycles. The van der Waals surface area contributed by atoms with Gasteiger partial charge in [0.1, 0.15) is 0 Å². The summed E-state index contributed by atoms with van der Waals surface area (Å²) in [5, 5.41) is 6.98. The third kappa shape index (κ3) is 3.49. The second-order valence-corrected chi connectivity index (χ2v) is 5.25. The van der Waals surface area contributed by atoms with Gasteiger partial charge < -0.3 is 10.2 Å². The Morgan fingerprint density at radius 1 is 1.32 bits per heavy atom. The molecule has 0 atom stereocenters. The van der Waals surface area contributed by atoms with E-state index in [1.807, 2.05) is 12.1 Å². The molecule has 7 nitrogen and oxygen atoms in total. The van der Waals surface area contributed by atoms with E-state index in [1.54, 1.807) is 34.4 Å². The quantitative estimate of drug-likeness (QED) is 0.889. The molecular formula is C15H17N5O2. The fourth-order valence-electron chi connectivity index (χ4n) is 2.43. The number of amides is 2. The number of anilines is 1. The molecule has 22 heavy (non-hydrogen) atoms. The van der Waals surface area contributed by atoms with Crippen molar-refractivity contribution in [3.05, 3.63) is 42.5 Å². The summed E-state index contributed by atoms with van der Waals surface area (Å²) < 4.78 is 1.74. The number of carbonyl (C=O) groups is 2. The molecule has 0 aromatic carbocycles. The zero-order valence-corrected chi connectivity index (χ0v) is 12.1. The molecule has 0 radical (unpaired) electrons. The summed E-state index contributed by atoms with van der Waals surface area (Å²) in [5.74, 6) is -0.151. The molecule has 2 amide bonds. The lowest BCUT2D eigenvalue weighted by Crippen LogP contribution is -2.33. The zero-order chi connectivity index (χ0) is 15.4. The number of hydrogen-bond acceptors (Lipinski definition) is 4. The summed E-state index contributed by atoms with van der Waals surface area (Å²) in [6.07, 6.45) is 8.20. The minimum atomic E-state index is -0.196. The van der Waals surface area contributed by atoms with Gasteiger partial charge in [-0.25, -0.2) is 0 Å². The average molecular weight is 299 g/mol. The van der Waals surface area contributed by atoms with Gasteiger partial charge in [0.15, 0.2) is 0 Å². The molecule has 3 rings (SSSR count). The molecule has 0 spiro atoms. The van der Waals surface area contributed by atoms with Crippen LogP contribution >= 0.6 is 0 Å². The molecular weight excluding hydrogens is 282 g/mol. The second kappa shape index (κ2) is 6.38. The van der Waals surface area contributed by atoms with Crippen LogP contribution < -0.4 is 5.32 Å². The highest BCUT2D eigenvalue weighted by Crippen LogP contribution is 2.11. The maximum atomic E-state index is 11.9. The Balaban J connectivity index is 1.55. The monoisotopic (exact) mass is 299 g/mol. The number of pyridine rings is 1.